The van der Waals surface area contributed by atoms with Gasteiger partial charge in [-0.3, -0.25) is 9.59 Å². The van der Waals surface area contributed by atoms with Crippen molar-refractivity contribution in [1.82, 2.24) is 30.4 Å². The monoisotopic (exact) mass is 441 g/mol. The molecule has 1 fully saturated rings. The van der Waals surface area contributed by atoms with E-state index in [9.17, 15) is 14.0 Å². The zero-order valence-corrected chi connectivity index (χ0v) is 18.2. The third-order valence-corrected chi connectivity index (χ3v) is 5.75. The van der Waals surface area contributed by atoms with Crippen LogP contribution in [0.3, 0.4) is 0 Å². The van der Waals surface area contributed by atoms with Crippen LogP contribution in [-0.2, 0) is 4.79 Å². The average Bonchev–Trinajstić information content (AvgIpc) is 3.18. The van der Waals surface area contributed by atoms with Gasteiger partial charge in [-0.25, -0.2) is 9.37 Å². The summed E-state index contributed by atoms with van der Waals surface area (Å²) in [4.78, 5) is 32.0. The van der Waals surface area contributed by atoms with Crippen LogP contribution in [0.15, 0.2) is 35.4 Å². The van der Waals surface area contributed by atoms with E-state index in [4.69, 9.17) is 0 Å². The minimum Gasteiger partial charge on any atom is -0.365 e. The van der Waals surface area contributed by atoms with Crippen molar-refractivity contribution in [1.29, 1.82) is 0 Å². The van der Waals surface area contributed by atoms with Gasteiger partial charge in [-0.15, -0.1) is 5.10 Å². The summed E-state index contributed by atoms with van der Waals surface area (Å²) >= 11 is 0. The lowest BCUT2D eigenvalue weighted by molar-refractivity contribution is -0.122. The van der Waals surface area contributed by atoms with Crippen LogP contribution in [0.25, 0.3) is 16.7 Å². The molecule has 1 saturated heterocycles. The summed E-state index contributed by atoms with van der Waals surface area (Å²) in [5.41, 5.74) is 0.513. The van der Waals surface area contributed by atoms with Crippen molar-refractivity contribution in [3.8, 4) is 5.69 Å². The minimum absolute atomic E-state index is 0.00500. The summed E-state index contributed by atoms with van der Waals surface area (Å²) in [7, 11) is 0. The van der Waals surface area contributed by atoms with Gasteiger partial charge in [0.2, 0.25) is 5.91 Å². The number of hydrogen-bond acceptors (Lipinski definition) is 6. The maximum absolute atomic E-state index is 13.7. The van der Waals surface area contributed by atoms with Gasteiger partial charge in [0.25, 0.3) is 5.56 Å². The second-order valence-electron chi connectivity index (χ2n) is 8.48. The molecule has 170 valence electrons. The van der Waals surface area contributed by atoms with Crippen molar-refractivity contribution in [2.75, 3.05) is 18.4 Å². The van der Waals surface area contributed by atoms with Gasteiger partial charge in [-0.05, 0) is 44.0 Å². The largest absolute Gasteiger partial charge is 0.365 e. The van der Waals surface area contributed by atoms with Gasteiger partial charge >= 0.3 is 0 Å². The second kappa shape index (κ2) is 9.47. The van der Waals surface area contributed by atoms with Crippen molar-refractivity contribution in [2.24, 2.45) is 5.92 Å². The van der Waals surface area contributed by atoms with E-state index >= 15 is 0 Å². The number of H-pyrrole nitrogens is 1. The normalized spacial score (nSPS) is 15.8. The summed E-state index contributed by atoms with van der Waals surface area (Å²) < 4.78 is 14.9. The molecule has 4 heterocycles. The Hall–Kier alpha value is -3.27. The fourth-order valence-corrected chi connectivity index (χ4v) is 3.90. The summed E-state index contributed by atoms with van der Waals surface area (Å²) in [6.45, 7) is 5.88. The van der Waals surface area contributed by atoms with Crippen LogP contribution in [0.5, 0.6) is 0 Å². The Morgan fingerprint density at radius 3 is 2.84 bits per heavy atom. The van der Waals surface area contributed by atoms with E-state index in [-0.39, 0.29) is 29.5 Å². The molecule has 0 spiro atoms. The number of aromatic amines is 1. The number of piperidine rings is 1. The molecule has 0 aliphatic carbocycles. The molecule has 0 bridgehead atoms. The highest BCUT2D eigenvalue weighted by atomic mass is 19.1. The molecular weight excluding hydrogens is 413 g/mol. The highest BCUT2D eigenvalue weighted by Crippen LogP contribution is 2.20. The maximum Gasteiger partial charge on any atom is 0.271 e. The lowest BCUT2D eigenvalue weighted by Crippen LogP contribution is -2.44. The van der Waals surface area contributed by atoms with E-state index in [1.54, 1.807) is 12.3 Å². The SMILES string of the molecule is CC(C)[C@@H](CC(=O)NC1CCNCC1)Nc1ccc(=O)n(-c2c[nH]c3ncc(F)cc23)n1. The molecule has 4 rings (SSSR count). The first kappa shape index (κ1) is 21.9. The number of fused-ring (bicyclic) bond motifs is 1. The van der Waals surface area contributed by atoms with Gasteiger partial charge < -0.3 is 20.9 Å². The molecule has 10 heteroatoms. The van der Waals surface area contributed by atoms with Crippen molar-refractivity contribution in [3.05, 3.63) is 46.8 Å². The van der Waals surface area contributed by atoms with Gasteiger partial charge in [0.15, 0.2) is 0 Å². The second-order valence-corrected chi connectivity index (χ2v) is 8.48. The molecule has 3 aromatic heterocycles. The standard InChI is InChI=1S/C22H28FN7O2/c1-13(2)17(10-20(31)27-15-5-7-24-8-6-15)28-19-3-4-21(32)30(29-19)18-12-26-22-16(18)9-14(23)11-25-22/h3-4,9,11-13,15,17,24H,5-8,10H2,1-2H3,(H,25,26)(H,27,31)(H,28,29)/t17-/m1/s1. The van der Waals surface area contributed by atoms with E-state index in [1.807, 2.05) is 13.8 Å². The number of nitrogens with zero attached hydrogens (tertiary/aromatic N) is 3. The molecule has 0 aromatic carbocycles. The number of hydrogen-bond donors (Lipinski definition) is 4. The highest BCUT2D eigenvalue weighted by Gasteiger charge is 2.22. The number of carbonyl (C=O) groups is 1. The van der Waals surface area contributed by atoms with E-state index < -0.39 is 5.82 Å². The van der Waals surface area contributed by atoms with E-state index in [1.165, 1.54) is 16.8 Å². The molecule has 0 unspecified atom stereocenters. The molecule has 9 nitrogen and oxygen atoms in total. The molecule has 1 aliphatic heterocycles. The first-order valence-electron chi connectivity index (χ1n) is 10.9. The van der Waals surface area contributed by atoms with Crippen LogP contribution in [-0.4, -0.2) is 50.8 Å². The van der Waals surface area contributed by atoms with Crippen LogP contribution in [0.1, 0.15) is 33.1 Å². The zero-order valence-electron chi connectivity index (χ0n) is 18.2. The van der Waals surface area contributed by atoms with Crippen molar-refractivity contribution >= 4 is 22.8 Å². The fourth-order valence-electron chi connectivity index (χ4n) is 3.90. The van der Waals surface area contributed by atoms with Gasteiger partial charge in [0.05, 0.1) is 11.9 Å². The minimum atomic E-state index is -0.500. The van der Waals surface area contributed by atoms with Crippen LogP contribution in [0, 0.1) is 11.7 Å². The fraction of sp³-hybridized carbons (Fsp3) is 0.455. The third kappa shape index (κ3) is 4.96. The predicted molar refractivity (Wildman–Crippen MR) is 120 cm³/mol. The number of amides is 1. The Kier molecular flexibility index (Phi) is 6.50. The summed E-state index contributed by atoms with van der Waals surface area (Å²) in [5, 5.41) is 14.6. The first-order valence-corrected chi connectivity index (χ1v) is 10.9. The Morgan fingerprint density at radius 1 is 1.31 bits per heavy atom. The van der Waals surface area contributed by atoms with Crippen molar-refractivity contribution in [3.63, 3.8) is 0 Å². The summed E-state index contributed by atoms with van der Waals surface area (Å²) in [6.07, 6.45) is 4.83. The third-order valence-electron chi connectivity index (χ3n) is 5.75. The lowest BCUT2D eigenvalue weighted by Gasteiger charge is -2.26. The first-order chi connectivity index (χ1) is 15.4. The zero-order chi connectivity index (χ0) is 22.7. The summed E-state index contributed by atoms with van der Waals surface area (Å²) in [6, 6.07) is 4.33. The topological polar surface area (TPSA) is 117 Å². The molecule has 1 amide bonds. The quantitative estimate of drug-likeness (QED) is 0.445. The van der Waals surface area contributed by atoms with Crippen LogP contribution >= 0.6 is 0 Å². The molecule has 0 saturated carbocycles. The number of carbonyl (C=O) groups excluding carboxylic acids is 1. The molecule has 0 radical (unpaired) electrons. The molecule has 32 heavy (non-hydrogen) atoms. The number of nitrogens with one attached hydrogen (secondary N) is 4. The van der Waals surface area contributed by atoms with Crippen molar-refractivity contribution in [2.45, 2.75) is 45.2 Å². The van der Waals surface area contributed by atoms with Gasteiger partial charge in [-0.1, -0.05) is 13.8 Å². The average molecular weight is 442 g/mol. The Labute approximate surface area is 184 Å². The van der Waals surface area contributed by atoms with Crippen LogP contribution in [0.2, 0.25) is 0 Å². The highest BCUT2D eigenvalue weighted by molar-refractivity contribution is 5.85. The maximum atomic E-state index is 13.7. The van der Waals surface area contributed by atoms with Crippen molar-refractivity contribution < 1.29 is 9.18 Å². The molecule has 3 aromatic rings. The number of halogens is 1. The number of aromatic nitrogens is 4. The van der Waals surface area contributed by atoms with Crippen LogP contribution in [0.4, 0.5) is 10.2 Å². The Balaban J connectivity index is 1.53. The molecule has 4 N–H and O–H groups in total. The smallest absolute Gasteiger partial charge is 0.271 e. The summed E-state index contributed by atoms with van der Waals surface area (Å²) in [5.74, 6) is 0.105. The van der Waals surface area contributed by atoms with E-state index in [0.29, 0.717) is 29.0 Å². The van der Waals surface area contributed by atoms with Gasteiger partial charge in [0, 0.05) is 36.2 Å². The number of pyridine rings is 1. The number of anilines is 1. The lowest BCUT2D eigenvalue weighted by atomic mass is 9.99. The molecular formula is C22H28FN7O2. The number of rotatable bonds is 7. The Morgan fingerprint density at radius 2 is 2.09 bits per heavy atom. The van der Waals surface area contributed by atoms with E-state index in [2.05, 4.69) is 31.0 Å². The molecule has 1 aliphatic rings. The van der Waals surface area contributed by atoms with Gasteiger partial charge in [-0.2, -0.15) is 4.68 Å². The predicted octanol–water partition coefficient (Wildman–Crippen LogP) is 1.94. The Bertz CT molecular complexity index is 1150. The van der Waals surface area contributed by atoms with Gasteiger partial charge in [0.1, 0.15) is 17.3 Å². The van der Waals surface area contributed by atoms with E-state index in [0.717, 1.165) is 32.1 Å². The van der Waals surface area contributed by atoms with Crippen LogP contribution < -0.4 is 21.5 Å². The molecule has 1 atom stereocenters.